The zero-order valence-electron chi connectivity index (χ0n) is 13.7. The van der Waals surface area contributed by atoms with Gasteiger partial charge < -0.3 is 0 Å². The third-order valence-corrected chi connectivity index (χ3v) is 7.44. The molecule has 3 aliphatic rings. The molecule has 22 heavy (non-hydrogen) atoms. The van der Waals surface area contributed by atoms with Gasteiger partial charge in [0, 0.05) is 22.0 Å². The van der Waals surface area contributed by atoms with E-state index < -0.39 is 0 Å². The third-order valence-electron chi connectivity index (χ3n) is 6.42. The highest BCUT2D eigenvalue weighted by molar-refractivity contribution is 9.10. The third kappa shape index (κ3) is 1.98. The van der Waals surface area contributed by atoms with Gasteiger partial charge in [0.25, 0.3) is 0 Å². The van der Waals surface area contributed by atoms with Gasteiger partial charge in [0.05, 0.1) is 6.04 Å². The molecule has 3 heteroatoms. The van der Waals surface area contributed by atoms with E-state index in [-0.39, 0.29) is 11.5 Å². The van der Waals surface area contributed by atoms with E-state index >= 15 is 0 Å². The van der Waals surface area contributed by atoms with Gasteiger partial charge in [0.1, 0.15) is 0 Å². The first-order valence-electron chi connectivity index (χ1n) is 8.51. The molecule has 0 unspecified atom stereocenters. The number of nitrogens with zero attached hydrogens (tertiary/aromatic N) is 1. The van der Waals surface area contributed by atoms with Gasteiger partial charge in [0.15, 0.2) is 5.78 Å². The van der Waals surface area contributed by atoms with Gasteiger partial charge in [0.2, 0.25) is 0 Å². The molecule has 4 rings (SSSR count). The van der Waals surface area contributed by atoms with Crippen LogP contribution in [0.15, 0.2) is 16.6 Å². The molecule has 2 bridgehead atoms. The van der Waals surface area contributed by atoms with E-state index in [1.807, 2.05) is 0 Å². The molecule has 3 atom stereocenters. The molecule has 1 aromatic carbocycles. The number of halogens is 1. The van der Waals surface area contributed by atoms with E-state index in [0.29, 0.717) is 11.7 Å². The molecule has 2 nitrogen and oxygen atoms in total. The highest BCUT2D eigenvalue weighted by atomic mass is 79.9. The van der Waals surface area contributed by atoms with Gasteiger partial charge in [-0.3, -0.25) is 9.69 Å². The molecule has 0 amide bonds. The molecule has 2 aliphatic carbocycles. The molecule has 0 spiro atoms. The van der Waals surface area contributed by atoms with Gasteiger partial charge in [-0.2, -0.15) is 0 Å². The summed E-state index contributed by atoms with van der Waals surface area (Å²) in [6.45, 7) is 8.97. The fraction of sp³-hybridized carbons (Fsp3) is 0.632. The maximum Gasteiger partial charge on any atom is 0.180 e. The minimum absolute atomic E-state index is 0.0847. The van der Waals surface area contributed by atoms with Crippen molar-refractivity contribution in [2.75, 3.05) is 13.1 Å². The first-order chi connectivity index (χ1) is 10.4. The standard InChI is InChI=1S/C19H24BrNO/c1-11-4-7-14-15(16(11)20)19(3)8-9-21(10-13-5-6-13)17(12(19)2)18(14)22/h4,7,12-13,17H,5-6,8-10H2,1-3H3/t12-,17-,19+/m0/s1. The Kier molecular flexibility index (Phi) is 3.32. The molecule has 1 aromatic rings. The van der Waals surface area contributed by atoms with Crippen LogP contribution >= 0.6 is 15.9 Å². The Hall–Kier alpha value is -0.670. The number of carbonyl (C=O) groups excluding carboxylic acids is 1. The van der Waals surface area contributed by atoms with Gasteiger partial charge in [-0.1, -0.05) is 41.9 Å². The highest BCUT2D eigenvalue weighted by Gasteiger charge is 2.53. The van der Waals surface area contributed by atoms with E-state index in [9.17, 15) is 4.79 Å². The second-order valence-electron chi connectivity index (χ2n) is 7.82. The Labute approximate surface area is 141 Å². The Morgan fingerprint density at radius 2 is 2.09 bits per heavy atom. The van der Waals surface area contributed by atoms with Crippen molar-refractivity contribution in [3.8, 4) is 0 Å². The number of benzene rings is 1. The van der Waals surface area contributed by atoms with Crippen molar-refractivity contribution in [3.05, 3.63) is 33.3 Å². The predicted molar refractivity (Wildman–Crippen MR) is 92.4 cm³/mol. The summed E-state index contributed by atoms with van der Waals surface area (Å²) >= 11 is 3.78. The maximum atomic E-state index is 13.2. The van der Waals surface area contributed by atoms with Crippen molar-refractivity contribution < 1.29 is 4.79 Å². The summed E-state index contributed by atoms with van der Waals surface area (Å²) in [6, 6.07) is 4.23. The molecular formula is C19H24BrNO. The van der Waals surface area contributed by atoms with E-state index in [1.54, 1.807) is 0 Å². The Balaban J connectivity index is 1.83. The second kappa shape index (κ2) is 4.91. The number of ketones is 1. The number of hydrogen-bond acceptors (Lipinski definition) is 2. The summed E-state index contributed by atoms with van der Waals surface area (Å²) in [5.74, 6) is 1.58. The van der Waals surface area contributed by atoms with E-state index in [4.69, 9.17) is 0 Å². The van der Waals surface area contributed by atoms with Crippen LogP contribution in [0, 0.1) is 18.8 Å². The molecule has 1 saturated heterocycles. The zero-order valence-corrected chi connectivity index (χ0v) is 15.2. The largest absolute Gasteiger partial charge is 0.293 e. The van der Waals surface area contributed by atoms with Crippen molar-refractivity contribution in [1.29, 1.82) is 0 Å². The molecule has 1 heterocycles. The van der Waals surface area contributed by atoms with Crippen molar-refractivity contribution in [3.63, 3.8) is 0 Å². The van der Waals surface area contributed by atoms with Crippen LogP contribution in [0.4, 0.5) is 0 Å². The highest BCUT2D eigenvalue weighted by Crippen LogP contribution is 2.51. The van der Waals surface area contributed by atoms with Crippen LogP contribution in [0.2, 0.25) is 0 Å². The van der Waals surface area contributed by atoms with E-state index in [0.717, 1.165) is 35.5 Å². The number of likely N-dealkylation sites (tertiary alicyclic amines) is 1. The van der Waals surface area contributed by atoms with E-state index in [1.165, 1.54) is 24.0 Å². The number of piperidine rings is 1. The first-order valence-corrected chi connectivity index (χ1v) is 9.30. The first kappa shape index (κ1) is 14.9. The van der Waals surface area contributed by atoms with Crippen LogP contribution in [-0.2, 0) is 5.41 Å². The topological polar surface area (TPSA) is 20.3 Å². The lowest BCUT2D eigenvalue weighted by atomic mass is 9.58. The van der Waals surface area contributed by atoms with Gasteiger partial charge >= 0.3 is 0 Å². The fourth-order valence-corrected chi connectivity index (χ4v) is 5.39. The number of rotatable bonds is 2. The fourth-order valence-electron chi connectivity index (χ4n) is 4.59. The quantitative estimate of drug-likeness (QED) is 0.781. The monoisotopic (exact) mass is 361 g/mol. The lowest BCUT2D eigenvalue weighted by molar-refractivity contribution is 0.0263. The number of carbonyl (C=O) groups is 1. The van der Waals surface area contributed by atoms with Gasteiger partial charge in [-0.25, -0.2) is 0 Å². The van der Waals surface area contributed by atoms with Gasteiger partial charge in [-0.05, 0) is 55.7 Å². The average molecular weight is 362 g/mol. The molecule has 0 radical (unpaired) electrons. The van der Waals surface area contributed by atoms with Crippen molar-refractivity contribution in [2.45, 2.75) is 51.5 Å². The number of aryl methyl sites for hydroxylation is 1. The molecule has 118 valence electrons. The molecule has 0 N–H and O–H groups in total. The smallest absolute Gasteiger partial charge is 0.180 e. The second-order valence-corrected chi connectivity index (χ2v) is 8.62. The van der Waals surface area contributed by atoms with Crippen molar-refractivity contribution in [2.24, 2.45) is 11.8 Å². The summed E-state index contributed by atoms with van der Waals surface area (Å²) in [5.41, 5.74) is 3.58. The minimum atomic E-state index is 0.0847. The van der Waals surface area contributed by atoms with Crippen LogP contribution in [0.3, 0.4) is 0 Å². The molecule has 1 saturated carbocycles. The summed E-state index contributed by atoms with van der Waals surface area (Å²) in [7, 11) is 0. The van der Waals surface area contributed by atoms with Crippen LogP contribution in [0.25, 0.3) is 0 Å². The summed E-state index contributed by atoms with van der Waals surface area (Å²) in [5, 5.41) is 0. The SMILES string of the molecule is Cc1ccc2c(c1Br)[C@]1(C)CCN(CC3CC3)[C@H](C2=O)[C@@H]1C. The number of Topliss-reactive ketones (excluding diaryl/α,β-unsaturated/α-hetero) is 1. The lowest BCUT2D eigenvalue weighted by Crippen LogP contribution is -2.61. The summed E-state index contributed by atoms with van der Waals surface area (Å²) < 4.78 is 1.15. The molecule has 1 aliphatic heterocycles. The summed E-state index contributed by atoms with van der Waals surface area (Å²) in [4.78, 5) is 15.7. The van der Waals surface area contributed by atoms with Crippen LogP contribution < -0.4 is 0 Å². The molecule has 0 aromatic heterocycles. The maximum absolute atomic E-state index is 13.2. The Bertz CT molecular complexity index is 651. The number of hydrogen-bond donors (Lipinski definition) is 0. The average Bonchev–Trinajstić information content (AvgIpc) is 3.28. The van der Waals surface area contributed by atoms with Crippen LogP contribution in [0.5, 0.6) is 0 Å². The number of fused-ring (bicyclic) bond motifs is 4. The van der Waals surface area contributed by atoms with Crippen LogP contribution in [0.1, 0.15) is 54.6 Å². The summed E-state index contributed by atoms with van der Waals surface area (Å²) in [6.07, 6.45) is 3.86. The predicted octanol–water partition coefficient (Wildman–Crippen LogP) is 4.33. The van der Waals surface area contributed by atoms with Crippen molar-refractivity contribution in [1.82, 2.24) is 4.90 Å². The normalized spacial score (nSPS) is 34.6. The Morgan fingerprint density at radius 3 is 2.77 bits per heavy atom. The molecular weight excluding hydrogens is 338 g/mol. The van der Waals surface area contributed by atoms with Crippen LogP contribution in [-0.4, -0.2) is 29.8 Å². The Morgan fingerprint density at radius 1 is 1.36 bits per heavy atom. The lowest BCUT2D eigenvalue weighted by Gasteiger charge is -2.54. The van der Waals surface area contributed by atoms with Crippen molar-refractivity contribution >= 4 is 21.7 Å². The minimum Gasteiger partial charge on any atom is -0.293 e. The van der Waals surface area contributed by atoms with Gasteiger partial charge in [-0.15, -0.1) is 0 Å². The zero-order chi connectivity index (χ0) is 15.6. The van der Waals surface area contributed by atoms with E-state index in [2.05, 4.69) is 53.7 Å². The molecule has 2 fully saturated rings.